The van der Waals surface area contributed by atoms with Gasteiger partial charge in [0, 0.05) is 41.5 Å². The van der Waals surface area contributed by atoms with Gasteiger partial charge in [0.25, 0.3) is 0 Å². The largest absolute Gasteiger partial charge is 0.463 e. The first-order valence-corrected chi connectivity index (χ1v) is 11.7. The van der Waals surface area contributed by atoms with Crippen LogP contribution in [0.25, 0.3) is 0 Å². The Hall–Kier alpha value is -3.79. The maximum atomic E-state index is 12.3. The lowest BCUT2D eigenvalue weighted by molar-refractivity contribution is -0.311. The van der Waals surface area contributed by atoms with Gasteiger partial charge in [0.1, 0.15) is 12.7 Å². The second-order valence-electron chi connectivity index (χ2n) is 8.48. The van der Waals surface area contributed by atoms with Gasteiger partial charge in [0.15, 0.2) is 36.8 Å². The maximum absolute atomic E-state index is 12.3. The highest BCUT2D eigenvalue weighted by atomic mass is 16.7. The third-order valence-electron chi connectivity index (χ3n) is 5.13. The molecule has 0 spiro atoms. The summed E-state index contributed by atoms with van der Waals surface area (Å²) in [6, 6.07) is 0. The van der Waals surface area contributed by atoms with Crippen molar-refractivity contribution < 1.29 is 76.2 Å². The fraction of sp³-hybridized carbons (Fsp3) is 0.696. The number of esters is 7. The van der Waals surface area contributed by atoms with Gasteiger partial charge in [0.05, 0.1) is 6.61 Å². The number of hydrogen-bond acceptors (Lipinski definition) is 16. The highest BCUT2D eigenvalue weighted by Gasteiger charge is 2.54. The lowest BCUT2D eigenvalue weighted by Gasteiger charge is -2.44. The molecular weight excluding hydrogens is 532 g/mol. The van der Waals surface area contributed by atoms with Crippen molar-refractivity contribution in [1.82, 2.24) is 0 Å². The molecule has 0 aliphatic carbocycles. The number of carbonyl (C=O) groups excluding carboxylic acids is 7. The third kappa shape index (κ3) is 9.17. The van der Waals surface area contributed by atoms with Gasteiger partial charge in [-0.05, 0) is 0 Å². The van der Waals surface area contributed by atoms with Crippen LogP contribution in [0, 0.1) is 0 Å². The van der Waals surface area contributed by atoms with Crippen LogP contribution in [0.2, 0.25) is 0 Å². The maximum Gasteiger partial charge on any atom is 0.352 e. The molecule has 8 atom stereocenters. The standard InChI is InChI=1S/C23H30O16/c1-9(24)31-7-16-17(33-10(2)25)19(35-12(4)27)21(37-14(6)29)23(39-16)32-8-15-18(34-11(3)26)20(22(30)38-15)36-13(5)28/h15-21,23H,7-8H2,1-6H3/t15?,16-,17-,18-,19+,20+,21-,23+/m1/s1. The minimum Gasteiger partial charge on any atom is -0.463 e. The summed E-state index contributed by atoms with van der Waals surface area (Å²) < 4.78 is 47.5. The number of rotatable bonds is 10. The molecule has 1 unspecified atom stereocenters. The van der Waals surface area contributed by atoms with Gasteiger partial charge in [-0.25, -0.2) is 4.79 Å². The van der Waals surface area contributed by atoms with Crippen LogP contribution in [-0.2, 0) is 76.2 Å². The fourth-order valence-electron chi connectivity index (χ4n) is 3.88. The molecule has 0 radical (unpaired) electrons. The Balaban J connectivity index is 2.38. The highest BCUT2D eigenvalue weighted by Crippen LogP contribution is 2.31. The zero-order chi connectivity index (χ0) is 29.4. The minimum absolute atomic E-state index is 0.485. The quantitative estimate of drug-likeness (QED) is 0.228. The molecule has 2 aliphatic heterocycles. The molecule has 2 aliphatic rings. The summed E-state index contributed by atoms with van der Waals surface area (Å²) in [5.41, 5.74) is 0. The van der Waals surface area contributed by atoms with Crippen LogP contribution in [0.15, 0.2) is 0 Å². The van der Waals surface area contributed by atoms with Gasteiger partial charge in [-0.15, -0.1) is 0 Å². The molecule has 39 heavy (non-hydrogen) atoms. The lowest BCUT2D eigenvalue weighted by Crippen LogP contribution is -2.63. The predicted octanol–water partition coefficient (Wildman–Crippen LogP) is -1.13. The molecular formula is C23H30O16. The molecule has 2 saturated heterocycles. The molecule has 0 N–H and O–H groups in total. The molecule has 0 aromatic carbocycles. The van der Waals surface area contributed by atoms with Crippen LogP contribution in [0.4, 0.5) is 0 Å². The predicted molar refractivity (Wildman–Crippen MR) is 119 cm³/mol. The first-order chi connectivity index (χ1) is 18.2. The van der Waals surface area contributed by atoms with Gasteiger partial charge in [-0.1, -0.05) is 0 Å². The molecule has 218 valence electrons. The third-order valence-corrected chi connectivity index (χ3v) is 5.13. The van der Waals surface area contributed by atoms with Crippen LogP contribution in [0.5, 0.6) is 0 Å². The molecule has 0 bridgehead atoms. The molecule has 2 heterocycles. The minimum atomic E-state index is -1.57. The summed E-state index contributed by atoms with van der Waals surface area (Å²) in [5.74, 6) is -5.87. The number of ether oxygens (including phenoxy) is 9. The summed E-state index contributed by atoms with van der Waals surface area (Å²) >= 11 is 0. The van der Waals surface area contributed by atoms with Gasteiger partial charge in [0.2, 0.25) is 6.10 Å². The van der Waals surface area contributed by atoms with Crippen LogP contribution >= 0.6 is 0 Å². The van der Waals surface area contributed by atoms with E-state index in [2.05, 4.69) is 0 Å². The summed E-state index contributed by atoms with van der Waals surface area (Å²) in [5, 5.41) is 0. The van der Waals surface area contributed by atoms with E-state index in [1.165, 1.54) is 0 Å². The molecule has 0 aromatic heterocycles. The first-order valence-electron chi connectivity index (χ1n) is 11.7. The summed E-state index contributed by atoms with van der Waals surface area (Å²) in [7, 11) is 0. The van der Waals surface area contributed by atoms with Crippen molar-refractivity contribution in [2.24, 2.45) is 0 Å². The van der Waals surface area contributed by atoms with E-state index in [-0.39, 0.29) is 0 Å². The highest BCUT2D eigenvalue weighted by molar-refractivity contribution is 5.82. The number of carbonyl (C=O) groups is 7. The lowest BCUT2D eigenvalue weighted by atomic mass is 9.98. The van der Waals surface area contributed by atoms with E-state index in [0.717, 1.165) is 41.5 Å². The van der Waals surface area contributed by atoms with Crippen molar-refractivity contribution in [3.05, 3.63) is 0 Å². The number of cyclic esters (lactones) is 1. The normalized spacial score (nSPS) is 29.8. The van der Waals surface area contributed by atoms with E-state index in [1.807, 2.05) is 0 Å². The molecule has 2 rings (SSSR count). The van der Waals surface area contributed by atoms with Crippen LogP contribution in [0.3, 0.4) is 0 Å². The smallest absolute Gasteiger partial charge is 0.352 e. The Morgan fingerprint density at radius 3 is 1.59 bits per heavy atom. The van der Waals surface area contributed by atoms with Crippen molar-refractivity contribution in [3.63, 3.8) is 0 Å². The Bertz CT molecular complexity index is 975. The van der Waals surface area contributed by atoms with E-state index < -0.39 is 104 Å². The van der Waals surface area contributed by atoms with Crippen molar-refractivity contribution in [3.8, 4) is 0 Å². The Morgan fingerprint density at radius 2 is 1.08 bits per heavy atom. The van der Waals surface area contributed by atoms with E-state index >= 15 is 0 Å². The van der Waals surface area contributed by atoms with Crippen LogP contribution < -0.4 is 0 Å². The van der Waals surface area contributed by atoms with Gasteiger partial charge in [-0.3, -0.25) is 28.8 Å². The zero-order valence-electron chi connectivity index (χ0n) is 22.1. The average Bonchev–Trinajstić information content (AvgIpc) is 3.06. The van der Waals surface area contributed by atoms with Gasteiger partial charge >= 0.3 is 41.8 Å². The summed E-state index contributed by atoms with van der Waals surface area (Å²) in [6.45, 7) is 5.35. The van der Waals surface area contributed by atoms with Crippen molar-refractivity contribution in [1.29, 1.82) is 0 Å². The summed E-state index contributed by atoms with van der Waals surface area (Å²) in [6.07, 6.45) is -11.5. The first kappa shape index (κ1) is 31.4. The second-order valence-corrected chi connectivity index (χ2v) is 8.48. The van der Waals surface area contributed by atoms with E-state index in [9.17, 15) is 33.6 Å². The second kappa shape index (κ2) is 13.8. The molecule has 2 fully saturated rings. The van der Waals surface area contributed by atoms with Crippen LogP contribution in [0.1, 0.15) is 41.5 Å². The summed E-state index contributed by atoms with van der Waals surface area (Å²) in [4.78, 5) is 82.4. The molecule has 0 saturated carbocycles. The molecule has 16 heteroatoms. The van der Waals surface area contributed by atoms with Crippen molar-refractivity contribution >= 4 is 41.8 Å². The van der Waals surface area contributed by atoms with E-state index in [4.69, 9.17) is 42.6 Å². The molecule has 16 nitrogen and oxygen atoms in total. The van der Waals surface area contributed by atoms with Crippen molar-refractivity contribution in [2.75, 3.05) is 13.2 Å². The van der Waals surface area contributed by atoms with E-state index in [0.29, 0.717) is 0 Å². The zero-order valence-corrected chi connectivity index (χ0v) is 22.1. The molecule has 0 aromatic rings. The fourth-order valence-corrected chi connectivity index (χ4v) is 3.88. The Morgan fingerprint density at radius 1 is 0.590 bits per heavy atom. The topological polar surface area (TPSA) is 203 Å². The number of hydrogen-bond donors (Lipinski definition) is 0. The van der Waals surface area contributed by atoms with Gasteiger partial charge in [-0.2, -0.15) is 0 Å². The van der Waals surface area contributed by atoms with Gasteiger partial charge < -0.3 is 42.6 Å². The monoisotopic (exact) mass is 562 g/mol. The SMILES string of the molecule is CC(=O)OC[C@H]1O[C@H](OCC2OC(=O)[C@@H](OC(C)=O)[C@@H]2OC(C)=O)[C@H](OC(C)=O)[C@@H](OC(C)=O)[C@@H]1OC(C)=O. The average molecular weight is 562 g/mol. The Kier molecular flexibility index (Phi) is 11.2. The Labute approximate surface area is 222 Å². The van der Waals surface area contributed by atoms with Crippen LogP contribution in [-0.4, -0.2) is 104 Å². The van der Waals surface area contributed by atoms with E-state index in [1.54, 1.807) is 0 Å². The van der Waals surface area contributed by atoms with Crippen molar-refractivity contribution in [2.45, 2.75) is 90.6 Å². The molecule has 0 amide bonds.